The number of carboxylic acid groups (broad SMARTS) is 1. The molecule has 1 aromatic rings. The first-order valence-electron chi connectivity index (χ1n) is 5.60. The number of carboxylic acids is 1. The van der Waals surface area contributed by atoms with E-state index >= 15 is 0 Å². The van der Waals surface area contributed by atoms with Gasteiger partial charge in [0.25, 0.3) is 5.91 Å². The van der Waals surface area contributed by atoms with E-state index in [0.717, 1.165) is 0 Å². The van der Waals surface area contributed by atoms with Gasteiger partial charge in [-0.3, -0.25) is 9.59 Å². The Morgan fingerprint density at radius 1 is 1.33 bits per heavy atom. The van der Waals surface area contributed by atoms with Crippen molar-refractivity contribution in [1.29, 1.82) is 0 Å². The van der Waals surface area contributed by atoms with Gasteiger partial charge in [-0.1, -0.05) is 0 Å². The Hall–Kier alpha value is -2.11. The SMILES string of the molecule is CCN(CC(=O)O)c1ccc(C(=O)N(C)C)cn1. The van der Waals surface area contributed by atoms with E-state index in [1.165, 1.54) is 11.1 Å². The number of carbonyl (C=O) groups excluding carboxylic acids is 1. The molecule has 1 amide bonds. The Bertz CT molecular complexity index is 429. The number of rotatable bonds is 5. The molecule has 6 heteroatoms. The summed E-state index contributed by atoms with van der Waals surface area (Å²) in [6, 6.07) is 3.30. The third-order valence-electron chi connectivity index (χ3n) is 2.43. The van der Waals surface area contributed by atoms with Crippen molar-refractivity contribution in [1.82, 2.24) is 9.88 Å². The second kappa shape index (κ2) is 6.00. The molecule has 0 radical (unpaired) electrons. The first kappa shape index (κ1) is 14.0. The minimum Gasteiger partial charge on any atom is -0.480 e. The second-order valence-electron chi connectivity index (χ2n) is 4.01. The molecule has 0 atom stereocenters. The van der Waals surface area contributed by atoms with Crippen molar-refractivity contribution in [3.63, 3.8) is 0 Å². The van der Waals surface area contributed by atoms with Crippen LogP contribution in [0.15, 0.2) is 18.3 Å². The van der Waals surface area contributed by atoms with Gasteiger partial charge in [0.1, 0.15) is 12.4 Å². The van der Waals surface area contributed by atoms with E-state index < -0.39 is 5.97 Å². The molecule has 0 unspecified atom stereocenters. The van der Waals surface area contributed by atoms with Crippen LogP contribution in [0.25, 0.3) is 0 Å². The summed E-state index contributed by atoms with van der Waals surface area (Å²) in [7, 11) is 3.33. The Labute approximate surface area is 106 Å². The number of amides is 1. The van der Waals surface area contributed by atoms with Gasteiger partial charge in [-0.2, -0.15) is 0 Å². The second-order valence-corrected chi connectivity index (χ2v) is 4.01. The first-order chi connectivity index (χ1) is 8.45. The van der Waals surface area contributed by atoms with Crippen LogP contribution in [0.4, 0.5) is 5.82 Å². The third kappa shape index (κ3) is 3.44. The molecule has 6 nitrogen and oxygen atoms in total. The minimum atomic E-state index is -0.910. The molecule has 0 aromatic carbocycles. The predicted molar refractivity (Wildman–Crippen MR) is 67.8 cm³/mol. The predicted octanol–water partition coefficient (Wildman–Crippen LogP) is 0.694. The molecule has 0 aliphatic heterocycles. The van der Waals surface area contributed by atoms with Gasteiger partial charge in [-0.15, -0.1) is 0 Å². The molecule has 0 bridgehead atoms. The third-order valence-corrected chi connectivity index (χ3v) is 2.43. The van der Waals surface area contributed by atoms with Gasteiger partial charge < -0.3 is 14.9 Å². The minimum absolute atomic E-state index is 0.107. The maximum Gasteiger partial charge on any atom is 0.323 e. The normalized spacial score (nSPS) is 9.94. The standard InChI is InChI=1S/C12H17N3O3/c1-4-15(8-11(16)17)10-6-5-9(7-13-10)12(18)14(2)3/h5-7H,4,8H2,1-3H3,(H,16,17). The topological polar surface area (TPSA) is 73.7 Å². The van der Waals surface area contributed by atoms with E-state index in [2.05, 4.69) is 4.98 Å². The summed E-state index contributed by atoms with van der Waals surface area (Å²) in [5.41, 5.74) is 0.482. The van der Waals surface area contributed by atoms with Gasteiger partial charge in [0.05, 0.1) is 5.56 Å². The lowest BCUT2D eigenvalue weighted by Crippen LogP contribution is -2.30. The first-order valence-corrected chi connectivity index (χ1v) is 5.60. The lowest BCUT2D eigenvalue weighted by molar-refractivity contribution is -0.135. The Kier molecular flexibility index (Phi) is 4.65. The zero-order chi connectivity index (χ0) is 13.7. The van der Waals surface area contributed by atoms with Crippen molar-refractivity contribution in [2.75, 3.05) is 32.1 Å². The van der Waals surface area contributed by atoms with Crippen molar-refractivity contribution in [3.05, 3.63) is 23.9 Å². The average molecular weight is 251 g/mol. The van der Waals surface area contributed by atoms with Gasteiger partial charge in [-0.25, -0.2) is 4.98 Å². The fourth-order valence-electron chi connectivity index (χ4n) is 1.48. The molecule has 98 valence electrons. The lowest BCUT2D eigenvalue weighted by Gasteiger charge is -2.19. The lowest BCUT2D eigenvalue weighted by atomic mass is 10.2. The van der Waals surface area contributed by atoms with E-state index in [9.17, 15) is 9.59 Å². The fourth-order valence-corrected chi connectivity index (χ4v) is 1.48. The van der Waals surface area contributed by atoms with Gasteiger partial charge >= 0.3 is 5.97 Å². The highest BCUT2D eigenvalue weighted by molar-refractivity contribution is 5.93. The molecule has 0 aliphatic carbocycles. The van der Waals surface area contributed by atoms with Crippen molar-refractivity contribution in [2.24, 2.45) is 0 Å². The number of likely N-dealkylation sites (N-methyl/N-ethyl adjacent to an activating group) is 1. The van der Waals surface area contributed by atoms with Gasteiger partial charge in [-0.05, 0) is 19.1 Å². The molecule has 0 fully saturated rings. The fraction of sp³-hybridized carbons (Fsp3) is 0.417. The van der Waals surface area contributed by atoms with Gasteiger partial charge in [0, 0.05) is 26.8 Å². The quantitative estimate of drug-likeness (QED) is 0.833. The number of anilines is 1. The summed E-state index contributed by atoms with van der Waals surface area (Å²) in [5.74, 6) is -0.488. The average Bonchev–Trinajstić information content (AvgIpc) is 2.35. The molecule has 0 aliphatic rings. The van der Waals surface area contributed by atoms with Crippen LogP contribution in [0, 0.1) is 0 Å². The molecule has 0 saturated carbocycles. The van der Waals surface area contributed by atoms with Crippen LogP contribution in [0.2, 0.25) is 0 Å². The van der Waals surface area contributed by atoms with Crippen LogP contribution < -0.4 is 4.90 Å². The molecule has 1 aromatic heterocycles. The molecular weight excluding hydrogens is 234 g/mol. The van der Waals surface area contributed by atoms with Crippen molar-refractivity contribution in [2.45, 2.75) is 6.92 Å². The summed E-state index contributed by atoms with van der Waals surface area (Å²) in [6.45, 7) is 2.29. The van der Waals surface area contributed by atoms with E-state index in [0.29, 0.717) is 17.9 Å². The van der Waals surface area contributed by atoms with Crippen molar-refractivity contribution in [3.8, 4) is 0 Å². The Balaban J connectivity index is 2.87. The van der Waals surface area contributed by atoms with E-state index in [-0.39, 0.29) is 12.5 Å². The summed E-state index contributed by atoms with van der Waals surface area (Å²) < 4.78 is 0. The number of aromatic nitrogens is 1. The zero-order valence-electron chi connectivity index (χ0n) is 10.8. The van der Waals surface area contributed by atoms with Crippen LogP contribution in [-0.2, 0) is 4.79 Å². The largest absolute Gasteiger partial charge is 0.480 e. The number of carbonyl (C=O) groups is 2. The highest BCUT2D eigenvalue weighted by atomic mass is 16.4. The smallest absolute Gasteiger partial charge is 0.323 e. The summed E-state index contributed by atoms with van der Waals surface area (Å²) in [4.78, 5) is 29.5. The summed E-state index contributed by atoms with van der Waals surface area (Å²) in [5, 5.41) is 8.76. The number of hydrogen-bond acceptors (Lipinski definition) is 4. The van der Waals surface area contributed by atoms with Crippen molar-refractivity contribution < 1.29 is 14.7 Å². The van der Waals surface area contributed by atoms with Crippen LogP contribution in [-0.4, -0.2) is 54.1 Å². The highest BCUT2D eigenvalue weighted by Crippen LogP contribution is 2.11. The maximum absolute atomic E-state index is 11.7. The summed E-state index contributed by atoms with van der Waals surface area (Å²) in [6.07, 6.45) is 1.46. The van der Waals surface area contributed by atoms with Crippen LogP contribution >= 0.6 is 0 Å². The molecule has 0 saturated heterocycles. The number of hydrogen-bond donors (Lipinski definition) is 1. The van der Waals surface area contributed by atoms with Crippen LogP contribution in [0.3, 0.4) is 0 Å². The monoisotopic (exact) mass is 251 g/mol. The number of pyridine rings is 1. The van der Waals surface area contributed by atoms with Gasteiger partial charge in [0.2, 0.25) is 0 Å². The van der Waals surface area contributed by atoms with E-state index in [4.69, 9.17) is 5.11 Å². The molecule has 0 spiro atoms. The van der Waals surface area contributed by atoms with Crippen LogP contribution in [0.5, 0.6) is 0 Å². The van der Waals surface area contributed by atoms with Crippen LogP contribution in [0.1, 0.15) is 17.3 Å². The van der Waals surface area contributed by atoms with E-state index in [1.807, 2.05) is 6.92 Å². The Morgan fingerprint density at radius 2 is 2.00 bits per heavy atom. The van der Waals surface area contributed by atoms with Gasteiger partial charge in [0.15, 0.2) is 0 Å². The zero-order valence-corrected chi connectivity index (χ0v) is 10.8. The highest BCUT2D eigenvalue weighted by Gasteiger charge is 2.12. The summed E-state index contributed by atoms with van der Waals surface area (Å²) >= 11 is 0. The molecular formula is C12H17N3O3. The number of aliphatic carboxylic acids is 1. The van der Waals surface area contributed by atoms with E-state index in [1.54, 1.807) is 31.1 Å². The number of nitrogens with zero attached hydrogens (tertiary/aromatic N) is 3. The molecule has 18 heavy (non-hydrogen) atoms. The molecule has 1 N–H and O–H groups in total. The Morgan fingerprint density at radius 3 is 2.39 bits per heavy atom. The molecule has 1 rings (SSSR count). The van der Waals surface area contributed by atoms with Crippen molar-refractivity contribution >= 4 is 17.7 Å². The molecule has 1 heterocycles. The maximum atomic E-state index is 11.7.